The van der Waals surface area contributed by atoms with Crippen LogP contribution in [-0.2, 0) is 4.79 Å². The van der Waals surface area contributed by atoms with Crippen LogP contribution in [0.2, 0.25) is 10.2 Å². The van der Waals surface area contributed by atoms with Gasteiger partial charge in [0.1, 0.15) is 0 Å². The van der Waals surface area contributed by atoms with Crippen LogP contribution in [0, 0.1) is 0 Å². The van der Waals surface area contributed by atoms with E-state index in [1.54, 1.807) is 0 Å². The average molecular weight is 447 g/mol. The van der Waals surface area contributed by atoms with Crippen LogP contribution >= 0.6 is 23.2 Å². The number of unbranched alkanes of at least 4 members (excludes halogenated alkanes) is 4. The number of aromatic nitrogens is 2. The summed E-state index contributed by atoms with van der Waals surface area (Å²) in [5.41, 5.74) is 2.57. The van der Waals surface area contributed by atoms with Gasteiger partial charge in [0, 0.05) is 17.0 Å². The normalized spacial score (nSPS) is 10.9. The summed E-state index contributed by atoms with van der Waals surface area (Å²) in [4.78, 5) is 15.0. The summed E-state index contributed by atoms with van der Waals surface area (Å²) >= 11 is 12.6. The summed E-state index contributed by atoms with van der Waals surface area (Å²) in [5, 5.41) is 9.70. The smallest absolute Gasteiger partial charge is 0.303 e. The number of hydrogen-bond acceptors (Lipinski definition) is 3. The van der Waals surface area contributed by atoms with Crippen molar-refractivity contribution in [3.8, 4) is 23.0 Å². The summed E-state index contributed by atoms with van der Waals surface area (Å²) in [5.74, 6) is -0.738. The fraction of sp³-hybridized carbons (Fsp3) is 0.304. The van der Waals surface area contributed by atoms with Crippen molar-refractivity contribution in [1.29, 1.82) is 0 Å². The van der Waals surface area contributed by atoms with Crippen LogP contribution in [0.3, 0.4) is 0 Å². The van der Waals surface area contributed by atoms with Crippen LogP contribution < -0.4 is 4.74 Å². The van der Waals surface area contributed by atoms with Gasteiger partial charge in [-0.1, -0.05) is 72.8 Å². The van der Waals surface area contributed by atoms with Crippen LogP contribution in [0.15, 0.2) is 54.6 Å². The molecule has 0 spiro atoms. The lowest BCUT2D eigenvalue weighted by atomic mass is 10.1. The molecule has 1 N–H and O–H groups in total. The minimum absolute atomic E-state index is 0.232. The summed E-state index contributed by atoms with van der Waals surface area (Å²) < 4.78 is 7.89. The molecule has 0 aliphatic rings. The van der Waals surface area contributed by atoms with Gasteiger partial charge < -0.3 is 9.84 Å². The van der Waals surface area contributed by atoms with Crippen molar-refractivity contribution in [3.63, 3.8) is 0 Å². The molecule has 0 fully saturated rings. The van der Waals surface area contributed by atoms with Gasteiger partial charge in [0.25, 0.3) is 0 Å². The topological polar surface area (TPSA) is 64.3 Å². The molecule has 30 heavy (non-hydrogen) atoms. The molecule has 0 bridgehead atoms. The van der Waals surface area contributed by atoms with Gasteiger partial charge >= 0.3 is 12.0 Å². The Kier molecular flexibility index (Phi) is 8.17. The highest BCUT2D eigenvalue weighted by Crippen LogP contribution is 2.35. The maximum Gasteiger partial charge on any atom is 0.303 e. The van der Waals surface area contributed by atoms with Crippen LogP contribution in [-0.4, -0.2) is 27.2 Å². The number of hydrogen-bond donors (Lipinski definition) is 1. The first-order valence-corrected chi connectivity index (χ1v) is 10.8. The van der Waals surface area contributed by atoms with E-state index in [0.29, 0.717) is 29.2 Å². The van der Waals surface area contributed by atoms with E-state index >= 15 is 0 Å². The van der Waals surface area contributed by atoms with Gasteiger partial charge in [-0.3, -0.25) is 9.36 Å². The Hall–Kier alpha value is -2.50. The minimum Gasteiger partial charge on any atom is -0.481 e. The molecule has 0 saturated carbocycles. The van der Waals surface area contributed by atoms with Crippen molar-refractivity contribution in [2.75, 3.05) is 6.61 Å². The minimum atomic E-state index is -0.738. The fourth-order valence-corrected chi connectivity index (χ4v) is 3.61. The molecule has 1 heterocycles. The van der Waals surface area contributed by atoms with Crippen molar-refractivity contribution in [2.45, 2.75) is 38.5 Å². The summed E-state index contributed by atoms with van der Waals surface area (Å²) in [7, 11) is 0. The zero-order valence-electron chi connectivity index (χ0n) is 16.6. The molecule has 0 atom stereocenters. The number of ether oxygens (including phenoxy) is 1. The van der Waals surface area contributed by atoms with Crippen LogP contribution in [0.4, 0.5) is 0 Å². The van der Waals surface area contributed by atoms with Gasteiger partial charge in [0.05, 0.1) is 18.0 Å². The second-order valence-electron chi connectivity index (χ2n) is 6.97. The molecular formula is C23H24Cl2N2O3. The maximum atomic E-state index is 10.5. The Balaban J connectivity index is 1.71. The lowest BCUT2D eigenvalue weighted by Gasteiger charge is -2.13. The number of benzene rings is 2. The molecule has 0 amide bonds. The molecule has 5 nitrogen and oxygen atoms in total. The molecule has 0 aliphatic carbocycles. The van der Waals surface area contributed by atoms with E-state index in [9.17, 15) is 4.79 Å². The second-order valence-corrected chi connectivity index (χ2v) is 7.77. The number of carboxylic acid groups (broad SMARTS) is 1. The van der Waals surface area contributed by atoms with E-state index in [1.807, 2.05) is 59.2 Å². The highest BCUT2D eigenvalue weighted by Gasteiger charge is 2.20. The van der Waals surface area contributed by atoms with Crippen LogP contribution in [0.5, 0.6) is 6.01 Å². The van der Waals surface area contributed by atoms with Crippen LogP contribution in [0.1, 0.15) is 38.5 Å². The molecule has 0 unspecified atom stereocenters. The van der Waals surface area contributed by atoms with Gasteiger partial charge in [-0.15, -0.1) is 0 Å². The Morgan fingerprint density at radius 3 is 2.30 bits per heavy atom. The number of carboxylic acids is 1. The largest absolute Gasteiger partial charge is 0.481 e. The van der Waals surface area contributed by atoms with Crippen molar-refractivity contribution >= 4 is 29.2 Å². The maximum absolute atomic E-state index is 10.5. The van der Waals surface area contributed by atoms with E-state index in [1.165, 1.54) is 0 Å². The summed E-state index contributed by atoms with van der Waals surface area (Å²) in [6.07, 6.45) is 4.68. The van der Waals surface area contributed by atoms with E-state index < -0.39 is 5.97 Å². The Bertz CT molecular complexity index is 957. The third kappa shape index (κ3) is 6.00. The molecule has 3 aromatic rings. The molecule has 2 aromatic carbocycles. The van der Waals surface area contributed by atoms with Gasteiger partial charge in [0.2, 0.25) is 0 Å². The van der Waals surface area contributed by atoms with Crippen molar-refractivity contribution in [3.05, 3.63) is 64.8 Å². The first-order chi connectivity index (χ1) is 14.6. The lowest BCUT2D eigenvalue weighted by Crippen LogP contribution is -2.05. The van der Waals surface area contributed by atoms with Crippen molar-refractivity contribution in [2.24, 2.45) is 0 Å². The van der Waals surface area contributed by atoms with Gasteiger partial charge in [0.15, 0.2) is 5.15 Å². The lowest BCUT2D eigenvalue weighted by molar-refractivity contribution is -0.137. The standard InChI is InChI=1S/C23H24Cl2N2O3/c24-18-12-14-19(15-13-18)27-21(17-9-5-4-6-10-17)22(25)26-23(27)30-16-8-3-1-2-7-11-20(28)29/h4-6,9-10,12-15H,1-3,7-8,11,16H2,(H,28,29). The molecular weight excluding hydrogens is 423 g/mol. The summed E-state index contributed by atoms with van der Waals surface area (Å²) in [6, 6.07) is 17.7. The average Bonchev–Trinajstić information content (AvgIpc) is 3.07. The van der Waals surface area contributed by atoms with Crippen LogP contribution in [0.25, 0.3) is 16.9 Å². The van der Waals surface area contributed by atoms with E-state index in [0.717, 1.165) is 42.6 Å². The van der Waals surface area contributed by atoms with E-state index in [-0.39, 0.29) is 6.42 Å². The van der Waals surface area contributed by atoms with E-state index in [4.69, 9.17) is 33.0 Å². The van der Waals surface area contributed by atoms with Gasteiger partial charge in [-0.05, 0) is 37.1 Å². The number of aliphatic carboxylic acids is 1. The molecule has 3 rings (SSSR count). The van der Waals surface area contributed by atoms with Gasteiger partial charge in [-0.25, -0.2) is 0 Å². The first-order valence-electron chi connectivity index (χ1n) is 10.0. The summed E-state index contributed by atoms with van der Waals surface area (Å²) in [6.45, 7) is 0.508. The predicted molar refractivity (Wildman–Crippen MR) is 120 cm³/mol. The molecule has 158 valence electrons. The zero-order chi connectivity index (χ0) is 21.3. The molecule has 0 radical (unpaired) electrons. The predicted octanol–water partition coefficient (Wildman–Crippen LogP) is 6.65. The number of imidazole rings is 1. The van der Waals surface area contributed by atoms with Crippen molar-refractivity contribution in [1.82, 2.24) is 9.55 Å². The fourth-order valence-electron chi connectivity index (χ4n) is 3.22. The third-order valence-electron chi connectivity index (χ3n) is 4.70. The van der Waals surface area contributed by atoms with Gasteiger partial charge in [-0.2, -0.15) is 4.98 Å². The monoisotopic (exact) mass is 446 g/mol. The number of halogens is 2. The number of carbonyl (C=O) groups is 1. The van der Waals surface area contributed by atoms with Crippen molar-refractivity contribution < 1.29 is 14.6 Å². The SMILES string of the molecule is O=C(O)CCCCCCCOc1nc(Cl)c(-c2ccccc2)n1-c1ccc(Cl)cc1. The molecule has 0 aliphatic heterocycles. The zero-order valence-corrected chi connectivity index (χ0v) is 18.1. The molecule has 1 aromatic heterocycles. The first kappa shape index (κ1) is 22.2. The number of nitrogens with zero attached hydrogens (tertiary/aromatic N) is 2. The third-order valence-corrected chi connectivity index (χ3v) is 5.22. The highest BCUT2D eigenvalue weighted by atomic mass is 35.5. The highest BCUT2D eigenvalue weighted by molar-refractivity contribution is 6.32. The Labute approximate surface area is 186 Å². The molecule has 7 heteroatoms. The van der Waals surface area contributed by atoms with E-state index in [2.05, 4.69) is 4.98 Å². The number of rotatable bonds is 11. The Morgan fingerprint density at radius 1 is 0.933 bits per heavy atom. The molecule has 0 saturated heterocycles. The Morgan fingerprint density at radius 2 is 1.60 bits per heavy atom. The second kappa shape index (κ2) is 11.0. The quantitative estimate of drug-likeness (QED) is 0.334.